The van der Waals surface area contributed by atoms with E-state index in [0.717, 1.165) is 6.07 Å². The van der Waals surface area contributed by atoms with Crippen molar-refractivity contribution < 1.29 is 13.9 Å². The molecule has 1 aliphatic rings. The normalized spacial score (nSPS) is 24.7. The van der Waals surface area contributed by atoms with Crippen LogP contribution in [0.2, 0.25) is 5.02 Å². The molecule has 0 amide bonds. The molecule has 1 heterocycles. The highest BCUT2D eigenvalue weighted by Crippen LogP contribution is 2.42. The molecule has 3 N–H and O–H groups in total. The summed E-state index contributed by atoms with van der Waals surface area (Å²) >= 11 is 5.62. The summed E-state index contributed by atoms with van der Waals surface area (Å²) in [7, 11) is 1.79. The van der Waals surface area contributed by atoms with Gasteiger partial charge in [-0.25, -0.2) is 8.78 Å². The highest BCUT2D eigenvalue weighted by Gasteiger charge is 2.35. The second-order valence-electron chi connectivity index (χ2n) is 4.71. The molecule has 1 aromatic carbocycles. The average molecular weight is 277 g/mol. The summed E-state index contributed by atoms with van der Waals surface area (Å²) in [5.74, 6) is -2.11. The van der Waals surface area contributed by atoms with Crippen molar-refractivity contribution in [1.82, 2.24) is 4.90 Å². The predicted octanol–water partition coefficient (Wildman–Crippen LogP) is 2.28. The van der Waals surface area contributed by atoms with Gasteiger partial charge < -0.3 is 10.8 Å². The molecule has 1 aliphatic heterocycles. The predicted molar refractivity (Wildman–Crippen MR) is 65.6 cm³/mol. The molecule has 0 spiro atoms. The monoisotopic (exact) mass is 276 g/mol. The van der Waals surface area contributed by atoms with Crippen molar-refractivity contribution in [1.29, 1.82) is 0 Å². The van der Waals surface area contributed by atoms with Crippen LogP contribution in [0.25, 0.3) is 0 Å². The third-order valence-electron chi connectivity index (χ3n) is 3.48. The Balaban J connectivity index is 2.45. The maximum Gasteiger partial charge on any atom is 0.166 e. The molecule has 0 aliphatic carbocycles. The molecule has 0 radical (unpaired) electrons. The third-order valence-corrected chi connectivity index (χ3v) is 3.76. The number of aromatic hydroxyl groups is 1. The Morgan fingerprint density at radius 3 is 2.78 bits per heavy atom. The van der Waals surface area contributed by atoms with Crippen molar-refractivity contribution in [2.45, 2.75) is 12.5 Å². The van der Waals surface area contributed by atoms with Gasteiger partial charge in [0, 0.05) is 12.6 Å². The van der Waals surface area contributed by atoms with Crippen LogP contribution in [0.3, 0.4) is 0 Å². The standard InChI is InChI=1S/C12H15ClF2N2O/c1-17-5-6(4-16)2-9(17)10-11(15)7(13)3-8(14)12(10)18/h3,6,9,18H,2,4-5,16H2,1H3. The summed E-state index contributed by atoms with van der Waals surface area (Å²) in [6.45, 7) is 1.17. The number of hydrogen-bond donors (Lipinski definition) is 2. The molecule has 1 aromatic rings. The van der Waals surface area contributed by atoms with E-state index in [-0.39, 0.29) is 16.5 Å². The first-order valence-corrected chi connectivity index (χ1v) is 6.10. The molecule has 0 bridgehead atoms. The minimum absolute atomic E-state index is 0.0709. The Bertz CT molecular complexity index is 444. The Morgan fingerprint density at radius 1 is 1.56 bits per heavy atom. The number of phenolic OH excluding ortho intramolecular Hbond substituents is 1. The minimum Gasteiger partial charge on any atom is -0.505 e. The van der Waals surface area contributed by atoms with E-state index < -0.39 is 23.4 Å². The van der Waals surface area contributed by atoms with Gasteiger partial charge in [0.15, 0.2) is 11.6 Å². The van der Waals surface area contributed by atoms with Gasteiger partial charge in [0.1, 0.15) is 5.82 Å². The fourth-order valence-corrected chi connectivity index (χ4v) is 2.72. The molecule has 0 saturated carbocycles. The first-order chi connectivity index (χ1) is 8.45. The summed E-state index contributed by atoms with van der Waals surface area (Å²) in [6, 6.07) is 0.386. The van der Waals surface area contributed by atoms with Gasteiger partial charge in [-0.3, -0.25) is 4.90 Å². The molecule has 3 nitrogen and oxygen atoms in total. The Kier molecular flexibility index (Phi) is 3.75. The highest BCUT2D eigenvalue weighted by atomic mass is 35.5. The van der Waals surface area contributed by atoms with Crippen molar-refractivity contribution in [2.75, 3.05) is 20.1 Å². The van der Waals surface area contributed by atoms with E-state index in [1.54, 1.807) is 7.05 Å². The maximum absolute atomic E-state index is 14.0. The molecule has 18 heavy (non-hydrogen) atoms. The summed E-state index contributed by atoms with van der Waals surface area (Å²) in [6.07, 6.45) is 0.581. The first kappa shape index (κ1) is 13.5. The second-order valence-corrected chi connectivity index (χ2v) is 5.12. The highest BCUT2D eigenvalue weighted by molar-refractivity contribution is 6.30. The number of likely N-dealkylation sites (tertiary alicyclic amines) is 1. The van der Waals surface area contributed by atoms with Gasteiger partial charge in [0.05, 0.1) is 10.6 Å². The molecule has 6 heteroatoms. The molecule has 2 rings (SSSR count). The van der Waals surface area contributed by atoms with E-state index in [1.807, 2.05) is 4.90 Å². The first-order valence-electron chi connectivity index (χ1n) is 5.72. The largest absolute Gasteiger partial charge is 0.505 e. The van der Waals surface area contributed by atoms with Gasteiger partial charge in [0.2, 0.25) is 0 Å². The molecule has 2 unspecified atom stereocenters. The lowest BCUT2D eigenvalue weighted by atomic mass is 9.98. The Labute approximate surface area is 109 Å². The zero-order valence-corrected chi connectivity index (χ0v) is 10.7. The van der Waals surface area contributed by atoms with Crippen LogP contribution in [0.5, 0.6) is 5.75 Å². The number of nitrogens with two attached hydrogens (primary N) is 1. The van der Waals surface area contributed by atoms with Crippen LogP contribution in [0.1, 0.15) is 18.0 Å². The maximum atomic E-state index is 14.0. The van der Waals surface area contributed by atoms with Gasteiger partial charge in [-0.15, -0.1) is 0 Å². The van der Waals surface area contributed by atoms with E-state index in [0.29, 0.717) is 19.5 Å². The molecule has 2 atom stereocenters. The smallest absolute Gasteiger partial charge is 0.166 e. The van der Waals surface area contributed by atoms with Crippen LogP contribution in [0.4, 0.5) is 8.78 Å². The summed E-state index contributed by atoms with van der Waals surface area (Å²) < 4.78 is 27.4. The van der Waals surface area contributed by atoms with Gasteiger partial charge >= 0.3 is 0 Å². The fraction of sp³-hybridized carbons (Fsp3) is 0.500. The van der Waals surface area contributed by atoms with Crippen LogP contribution < -0.4 is 5.73 Å². The SMILES string of the molecule is CN1CC(CN)CC1c1c(O)c(F)cc(Cl)c1F. The van der Waals surface area contributed by atoms with Crippen molar-refractivity contribution in [3.05, 3.63) is 28.3 Å². The van der Waals surface area contributed by atoms with Crippen LogP contribution in [-0.4, -0.2) is 30.1 Å². The average Bonchev–Trinajstić information content (AvgIpc) is 2.69. The lowest BCUT2D eigenvalue weighted by Gasteiger charge is -2.21. The summed E-state index contributed by atoms with van der Waals surface area (Å²) in [5.41, 5.74) is 5.52. The Morgan fingerprint density at radius 2 is 2.22 bits per heavy atom. The third kappa shape index (κ3) is 2.18. The summed E-state index contributed by atoms with van der Waals surface area (Å²) in [5, 5.41) is 9.39. The zero-order chi connectivity index (χ0) is 13.4. The second kappa shape index (κ2) is 4.99. The van der Waals surface area contributed by atoms with Crippen molar-refractivity contribution in [3.63, 3.8) is 0 Å². The van der Waals surface area contributed by atoms with Crippen LogP contribution in [0.15, 0.2) is 6.07 Å². The van der Waals surface area contributed by atoms with Crippen molar-refractivity contribution in [3.8, 4) is 5.75 Å². The fourth-order valence-electron chi connectivity index (χ4n) is 2.52. The molecule has 0 aromatic heterocycles. The van der Waals surface area contributed by atoms with Crippen LogP contribution >= 0.6 is 11.6 Å². The van der Waals surface area contributed by atoms with Gasteiger partial charge in [0.25, 0.3) is 0 Å². The number of rotatable bonds is 2. The minimum atomic E-state index is -0.902. The molecule has 100 valence electrons. The van der Waals surface area contributed by atoms with E-state index in [4.69, 9.17) is 17.3 Å². The zero-order valence-electron chi connectivity index (χ0n) is 9.96. The number of hydrogen-bond acceptors (Lipinski definition) is 3. The van der Waals surface area contributed by atoms with E-state index in [1.165, 1.54) is 0 Å². The van der Waals surface area contributed by atoms with Gasteiger partial charge in [-0.1, -0.05) is 11.6 Å². The van der Waals surface area contributed by atoms with E-state index in [9.17, 15) is 13.9 Å². The summed E-state index contributed by atoms with van der Waals surface area (Å²) in [4.78, 5) is 1.85. The quantitative estimate of drug-likeness (QED) is 0.815. The van der Waals surface area contributed by atoms with Gasteiger partial charge in [-0.05, 0) is 32.0 Å². The topological polar surface area (TPSA) is 49.5 Å². The number of benzene rings is 1. The van der Waals surface area contributed by atoms with Crippen LogP contribution in [-0.2, 0) is 0 Å². The van der Waals surface area contributed by atoms with E-state index in [2.05, 4.69) is 0 Å². The van der Waals surface area contributed by atoms with E-state index >= 15 is 0 Å². The number of halogens is 3. The molecule has 1 saturated heterocycles. The van der Waals surface area contributed by atoms with Crippen molar-refractivity contribution in [2.24, 2.45) is 11.7 Å². The lowest BCUT2D eigenvalue weighted by molar-refractivity contribution is 0.294. The molecular formula is C12H15ClF2N2O. The molecular weight excluding hydrogens is 262 g/mol. The van der Waals surface area contributed by atoms with Crippen molar-refractivity contribution >= 4 is 11.6 Å². The Hall–Kier alpha value is -0.910. The van der Waals surface area contributed by atoms with Crippen LogP contribution in [0, 0.1) is 17.6 Å². The van der Waals surface area contributed by atoms with Gasteiger partial charge in [-0.2, -0.15) is 0 Å². The number of nitrogens with zero attached hydrogens (tertiary/aromatic N) is 1. The molecule has 1 fully saturated rings. The lowest BCUT2D eigenvalue weighted by Crippen LogP contribution is -2.21. The number of phenols is 1.